The van der Waals surface area contributed by atoms with Crippen molar-refractivity contribution in [2.75, 3.05) is 31.8 Å². The van der Waals surface area contributed by atoms with Gasteiger partial charge in [-0.2, -0.15) is 0 Å². The summed E-state index contributed by atoms with van der Waals surface area (Å²) in [6, 6.07) is 12.5. The second kappa shape index (κ2) is 8.62. The zero-order valence-corrected chi connectivity index (χ0v) is 17.0. The molecule has 4 rings (SSSR count). The van der Waals surface area contributed by atoms with E-state index < -0.39 is 17.9 Å². The summed E-state index contributed by atoms with van der Waals surface area (Å²) in [5.74, 6) is -1.43. The predicted octanol–water partition coefficient (Wildman–Crippen LogP) is 2.58. The third kappa shape index (κ3) is 3.43. The van der Waals surface area contributed by atoms with Gasteiger partial charge in [-0.3, -0.25) is 24.0 Å². The smallest absolute Gasteiger partial charge is 0.321 e. The van der Waals surface area contributed by atoms with Crippen molar-refractivity contribution in [2.45, 2.75) is 19.4 Å². The van der Waals surface area contributed by atoms with Gasteiger partial charge in [-0.1, -0.05) is 18.2 Å². The first-order chi connectivity index (χ1) is 14.7. The first-order valence-electron chi connectivity index (χ1n) is 10.0. The number of carbonyl (C=O) groups excluding carboxylic acids is 2. The van der Waals surface area contributed by atoms with Crippen LogP contribution in [0.25, 0.3) is 11.0 Å². The van der Waals surface area contributed by atoms with E-state index in [1.807, 2.05) is 41.0 Å². The third-order valence-corrected chi connectivity index (χ3v) is 5.21. The van der Waals surface area contributed by atoms with Crippen molar-refractivity contribution in [3.8, 4) is 0 Å². The van der Waals surface area contributed by atoms with E-state index in [0.717, 1.165) is 11.0 Å². The highest BCUT2D eigenvalue weighted by atomic mass is 16.5. The zero-order valence-electron chi connectivity index (χ0n) is 17.0. The summed E-state index contributed by atoms with van der Waals surface area (Å²) in [6.07, 6.45) is 2.28. The second-order valence-corrected chi connectivity index (χ2v) is 7.04. The number of fused-ring (bicyclic) bond motifs is 3. The van der Waals surface area contributed by atoms with Crippen molar-refractivity contribution in [3.63, 3.8) is 0 Å². The van der Waals surface area contributed by atoms with Crippen molar-refractivity contribution in [1.82, 2.24) is 14.5 Å². The van der Waals surface area contributed by atoms with Crippen LogP contribution in [0.3, 0.4) is 0 Å². The standard InChI is InChI=1S/C22H24N4O4/c1-3-30-21(28)18-19(16-10-6-7-12-23-16)26-17-11-5-4-9-15(17)24-22(26)25(20(18)27)13-8-14-29-2/h4-7,9-12,18-19H,3,8,13-14H2,1-2H3/t18-,19-/m0/s1. The zero-order chi connectivity index (χ0) is 21.1. The van der Waals surface area contributed by atoms with E-state index in [1.54, 1.807) is 31.2 Å². The number of aromatic nitrogens is 3. The summed E-state index contributed by atoms with van der Waals surface area (Å²) < 4.78 is 12.4. The van der Waals surface area contributed by atoms with Gasteiger partial charge in [0.1, 0.15) is 6.04 Å². The number of rotatable bonds is 7. The molecule has 156 valence electrons. The Morgan fingerprint density at radius 3 is 2.70 bits per heavy atom. The Morgan fingerprint density at radius 1 is 1.17 bits per heavy atom. The molecule has 1 amide bonds. The molecule has 30 heavy (non-hydrogen) atoms. The molecule has 8 nitrogen and oxygen atoms in total. The summed E-state index contributed by atoms with van der Waals surface area (Å²) in [4.78, 5) is 37.3. The molecule has 0 unspecified atom stereocenters. The van der Waals surface area contributed by atoms with Crippen LogP contribution < -0.4 is 4.90 Å². The molecule has 1 aromatic carbocycles. The maximum atomic E-state index is 13.6. The number of hydrogen-bond acceptors (Lipinski definition) is 6. The molecular formula is C22H24N4O4. The first-order valence-corrected chi connectivity index (χ1v) is 10.0. The number of ether oxygens (including phenoxy) is 2. The Hall–Kier alpha value is -3.26. The van der Waals surface area contributed by atoms with Gasteiger partial charge in [0, 0.05) is 26.5 Å². The van der Waals surface area contributed by atoms with Crippen LogP contribution in [0.4, 0.5) is 5.95 Å². The maximum absolute atomic E-state index is 13.6. The Labute approximate surface area is 174 Å². The minimum absolute atomic E-state index is 0.193. The Bertz CT molecular complexity index is 1050. The van der Waals surface area contributed by atoms with E-state index in [9.17, 15) is 9.59 Å². The van der Waals surface area contributed by atoms with Gasteiger partial charge in [0.05, 0.1) is 23.3 Å². The lowest BCUT2D eigenvalue weighted by Crippen LogP contribution is -2.50. The number of para-hydroxylation sites is 2. The summed E-state index contributed by atoms with van der Waals surface area (Å²) in [5.41, 5.74) is 2.20. The van der Waals surface area contributed by atoms with E-state index in [1.165, 1.54) is 0 Å². The maximum Gasteiger partial charge on any atom is 0.321 e. The number of pyridine rings is 1. The monoisotopic (exact) mass is 408 g/mol. The summed E-state index contributed by atoms with van der Waals surface area (Å²) in [6.45, 7) is 2.81. The highest BCUT2D eigenvalue weighted by Gasteiger charge is 2.48. The topological polar surface area (TPSA) is 86.5 Å². The molecule has 0 N–H and O–H groups in total. The number of imidazole rings is 1. The number of benzene rings is 1. The van der Waals surface area contributed by atoms with Crippen molar-refractivity contribution >= 4 is 28.9 Å². The van der Waals surface area contributed by atoms with Crippen LogP contribution in [-0.4, -0.2) is 53.3 Å². The number of carbonyl (C=O) groups is 2. The molecule has 3 heterocycles. The van der Waals surface area contributed by atoms with Gasteiger partial charge in [-0.05, 0) is 37.6 Å². The number of methoxy groups -OCH3 is 1. The molecule has 1 aliphatic heterocycles. The second-order valence-electron chi connectivity index (χ2n) is 7.04. The predicted molar refractivity (Wildman–Crippen MR) is 111 cm³/mol. The molecule has 0 aliphatic carbocycles. The fourth-order valence-electron chi connectivity index (χ4n) is 3.94. The largest absolute Gasteiger partial charge is 0.465 e. The quantitative estimate of drug-likeness (QED) is 0.339. The van der Waals surface area contributed by atoms with Crippen molar-refractivity contribution in [2.24, 2.45) is 5.92 Å². The van der Waals surface area contributed by atoms with Crippen LogP contribution in [-0.2, 0) is 19.1 Å². The Morgan fingerprint density at radius 2 is 1.97 bits per heavy atom. The van der Waals surface area contributed by atoms with Crippen LogP contribution in [0.2, 0.25) is 0 Å². The molecule has 0 bridgehead atoms. The van der Waals surface area contributed by atoms with E-state index in [2.05, 4.69) is 4.98 Å². The van der Waals surface area contributed by atoms with Crippen LogP contribution in [0.5, 0.6) is 0 Å². The first kappa shape index (κ1) is 20.0. The SMILES string of the molecule is CCOC(=O)[C@@H]1C(=O)N(CCCOC)c2nc3ccccc3n2[C@H]1c1ccccn1. The highest BCUT2D eigenvalue weighted by molar-refractivity contribution is 6.08. The average Bonchev–Trinajstić information content (AvgIpc) is 3.14. The molecule has 2 aromatic heterocycles. The molecular weight excluding hydrogens is 384 g/mol. The summed E-state index contributed by atoms with van der Waals surface area (Å²) >= 11 is 0. The van der Waals surface area contributed by atoms with Crippen molar-refractivity contribution < 1.29 is 19.1 Å². The molecule has 0 spiro atoms. The van der Waals surface area contributed by atoms with E-state index in [-0.39, 0.29) is 12.5 Å². The number of amides is 1. The number of nitrogens with zero attached hydrogens (tertiary/aromatic N) is 4. The van der Waals surface area contributed by atoms with Gasteiger partial charge in [0.2, 0.25) is 11.9 Å². The Kier molecular flexibility index (Phi) is 5.76. The van der Waals surface area contributed by atoms with Crippen molar-refractivity contribution in [3.05, 3.63) is 54.4 Å². The van der Waals surface area contributed by atoms with Gasteiger partial charge in [0.25, 0.3) is 0 Å². The van der Waals surface area contributed by atoms with Crippen LogP contribution in [0.15, 0.2) is 48.7 Å². The minimum Gasteiger partial charge on any atom is -0.465 e. The molecule has 0 radical (unpaired) electrons. The summed E-state index contributed by atoms with van der Waals surface area (Å²) in [7, 11) is 1.62. The molecule has 3 aromatic rings. The molecule has 1 aliphatic rings. The lowest BCUT2D eigenvalue weighted by molar-refractivity contribution is -0.153. The molecule has 0 saturated heterocycles. The molecule has 2 atom stereocenters. The van der Waals surface area contributed by atoms with Crippen LogP contribution in [0, 0.1) is 5.92 Å². The van der Waals surface area contributed by atoms with Gasteiger partial charge >= 0.3 is 5.97 Å². The number of esters is 1. The summed E-state index contributed by atoms with van der Waals surface area (Å²) in [5, 5.41) is 0. The van der Waals surface area contributed by atoms with Crippen LogP contribution >= 0.6 is 0 Å². The van der Waals surface area contributed by atoms with E-state index in [0.29, 0.717) is 31.2 Å². The van der Waals surface area contributed by atoms with Gasteiger partial charge < -0.3 is 9.47 Å². The van der Waals surface area contributed by atoms with Gasteiger partial charge in [-0.25, -0.2) is 4.98 Å². The fourth-order valence-corrected chi connectivity index (χ4v) is 3.94. The van der Waals surface area contributed by atoms with Crippen molar-refractivity contribution in [1.29, 1.82) is 0 Å². The fraction of sp³-hybridized carbons (Fsp3) is 0.364. The number of anilines is 1. The Balaban J connectivity index is 1.93. The van der Waals surface area contributed by atoms with Gasteiger partial charge in [-0.15, -0.1) is 0 Å². The van der Waals surface area contributed by atoms with Gasteiger partial charge in [0.15, 0.2) is 5.92 Å². The molecule has 0 saturated carbocycles. The van der Waals surface area contributed by atoms with E-state index in [4.69, 9.17) is 14.5 Å². The highest BCUT2D eigenvalue weighted by Crippen LogP contribution is 2.40. The third-order valence-electron chi connectivity index (χ3n) is 5.21. The molecule has 0 fully saturated rings. The normalized spacial score (nSPS) is 18.5. The average molecular weight is 408 g/mol. The molecule has 8 heteroatoms. The van der Waals surface area contributed by atoms with Crippen LogP contribution in [0.1, 0.15) is 25.1 Å². The van der Waals surface area contributed by atoms with E-state index >= 15 is 0 Å². The number of hydrogen-bond donors (Lipinski definition) is 0. The minimum atomic E-state index is -1.05. The lowest BCUT2D eigenvalue weighted by Gasteiger charge is -2.37. The lowest BCUT2D eigenvalue weighted by atomic mass is 9.92.